The van der Waals surface area contributed by atoms with Crippen LogP contribution >= 0.6 is 0 Å². The van der Waals surface area contributed by atoms with Gasteiger partial charge in [0.2, 0.25) is 0 Å². The third kappa shape index (κ3) is 2.56. The molecule has 0 saturated carbocycles. The molecule has 0 aliphatic carbocycles. The Morgan fingerprint density at radius 2 is 2.33 bits per heavy atom. The summed E-state index contributed by atoms with van der Waals surface area (Å²) in [5, 5.41) is 10.3. The van der Waals surface area contributed by atoms with Crippen LogP contribution in [0, 0.1) is 5.92 Å². The number of H-pyrrole nitrogens is 1. The van der Waals surface area contributed by atoms with Crippen molar-refractivity contribution in [1.29, 1.82) is 0 Å². The Bertz CT molecular complexity index is 488. The maximum Gasteiger partial charge on any atom is 0.116 e. The van der Waals surface area contributed by atoms with Crippen LogP contribution in [0.1, 0.15) is 18.5 Å². The summed E-state index contributed by atoms with van der Waals surface area (Å²) in [6, 6.07) is 3.98. The highest BCUT2D eigenvalue weighted by atomic mass is 15.1. The van der Waals surface area contributed by atoms with Gasteiger partial charge in [0.1, 0.15) is 6.33 Å². The molecule has 0 bridgehead atoms. The summed E-state index contributed by atoms with van der Waals surface area (Å²) in [5.74, 6) is 0.697. The van der Waals surface area contributed by atoms with E-state index in [9.17, 15) is 0 Å². The zero-order valence-electron chi connectivity index (χ0n) is 10.3. The van der Waals surface area contributed by atoms with Gasteiger partial charge in [0, 0.05) is 11.9 Å². The summed E-state index contributed by atoms with van der Waals surface area (Å²) in [6.45, 7) is 2.25. The number of nitrogens with one attached hydrogen (secondary N) is 2. The Hall–Kier alpha value is -1.75. The Balaban J connectivity index is 1.74. The lowest BCUT2D eigenvalue weighted by atomic mass is 9.94. The molecule has 2 aromatic heterocycles. The molecule has 1 saturated heterocycles. The molecule has 1 aliphatic heterocycles. The van der Waals surface area contributed by atoms with Gasteiger partial charge in [-0.3, -0.25) is 5.10 Å². The number of hydrogen-bond acceptors (Lipinski definition) is 4. The second kappa shape index (κ2) is 5.27. The smallest absolute Gasteiger partial charge is 0.116 e. The van der Waals surface area contributed by atoms with E-state index in [1.165, 1.54) is 12.8 Å². The lowest BCUT2D eigenvalue weighted by Gasteiger charge is -2.22. The van der Waals surface area contributed by atoms with Crippen LogP contribution in [0.3, 0.4) is 0 Å². The number of aromatic amines is 1. The van der Waals surface area contributed by atoms with Crippen LogP contribution in [0.5, 0.6) is 0 Å². The molecule has 3 rings (SSSR count). The van der Waals surface area contributed by atoms with Crippen molar-refractivity contribution in [2.24, 2.45) is 5.92 Å². The zero-order chi connectivity index (χ0) is 12.2. The van der Waals surface area contributed by atoms with Crippen LogP contribution in [0.25, 0.3) is 11.4 Å². The van der Waals surface area contributed by atoms with E-state index in [1.54, 1.807) is 12.5 Å². The Kier molecular flexibility index (Phi) is 3.32. The molecule has 1 fully saturated rings. The molecule has 1 atom stereocenters. The molecule has 0 amide bonds. The Morgan fingerprint density at radius 3 is 3.11 bits per heavy atom. The summed E-state index contributed by atoms with van der Waals surface area (Å²) in [7, 11) is 0. The molecule has 0 radical (unpaired) electrons. The van der Waals surface area contributed by atoms with E-state index < -0.39 is 0 Å². The molecule has 1 aliphatic rings. The second-order valence-electron chi connectivity index (χ2n) is 4.78. The summed E-state index contributed by atoms with van der Waals surface area (Å²) < 4.78 is 0. The molecule has 2 N–H and O–H groups in total. The van der Waals surface area contributed by atoms with Gasteiger partial charge >= 0.3 is 0 Å². The van der Waals surface area contributed by atoms with Crippen molar-refractivity contribution >= 4 is 0 Å². The first-order chi connectivity index (χ1) is 8.92. The fraction of sp³-hybridized carbons (Fsp3) is 0.462. The molecule has 0 unspecified atom stereocenters. The van der Waals surface area contributed by atoms with E-state index in [0.717, 1.165) is 36.6 Å². The SMILES string of the molecule is c1cc(-c2cc(C[C@H]3CCCNC3)ncn2)[nH]n1. The van der Waals surface area contributed by atoms with Crippen LogP contribution in [-0.4, -0.2) is 33.3 Å². The minimum atomic E-state index is 0.697. The van der Waals surface area contributed by atoms with Gasteiger partial charge in [0.15, 0.2) is 0 Å². The van der Waals surface area contributed by atoms with E-state index in [2.05, 4.69) is 31.5 Å². The van der Waals surface area contributed by atoms with Crippen LogP contribution in [0.15, 0.2) is 24.7 Å². The molecule has 0 aromatic carbocycles. The van der Waals surface area contributed by atoms with Gasteiger partial charge in [-0.05, 0) is 50.4 Å². The fourth-order valence-electron chi connectivity index (χ4n) is 2.45. The normalized spacial score (nSPS) is 19.9. The molecule has 94 valence electrons. The molecular formula is C13H17N5. The number of rotatable bonds is 3. The van der Waals surface area contributed by atoms with Crippen molar-refractivity contribution in [2.45, 2.75) is 19.3 Å². The Labute approximate surface area is 106 Å². The van der Waals surface area contributed by atoms with E-state index >= 15 is 0 Å². The van der Waals surface area contributed by atoms with E-state index in [-0.39, 0.29) is 0 Å². The van der Waals surface area contributed by atoms with Gasteiger partial charge < -0.3 is 5.32 Å². The van der Waals surface area contributed by atoms with Crippen molar-refractivity contribution in [2.75, 3.05) is 13.1 Å². The minimum Gasteiger partial charge on any atom is -0.316 e. The van der Waals surface area contributed by atoms with Gasteiger partial charge in [0.25, 0.3) is 0 Å². The average molecular weight is 243 g/mol. The topological polar surface area (TPSA) is 66.5 Å². The lowest BCUT2D eigenvalue weighted by molar-refractivity contribution is 0.373. The van der Waals surface area contributed by atoms with Gasteiger partial charge in [-0.25, -0.2) is 9.97 Å². The van der Waals surface area contributed by atoms with E-state index in [0.29, 0.717) is 5.92 Å². The summed E-state index contributed by atoms with van der Waals surface area (Å²) in [4.78, 5) is 8.65. The summed E-state index contributed by atoms with van der Waals surface area (Å²) in [6.07, 6.45) is 6.96. The third-order valence-corrected chi connectivity index (χ3v) is 3.40. The highest BCUT2D eigenvalue weighted by Crippen LogP contribution is 2.18. The highest BCUT2D eigenvalue weighted by molar-refractivity contribution is 5.52. The molecule has 0 spiro atoms. The van der Waals surface area contributed by atoms with Crippen molar-refractivity contribution < 1.29 is 0 Å². The Morgan fingerprint density at radius 1 is 1.33 bits per heavy atom. The van der Waals surface area contributed by atoms with Gasteiger partial charge in [-0.15, -0.1) is 0 Å². The predicted octanol–water partition coefficient (Wildman–Crippen LogP) is 1.41. The second-order valence-corrected chi connectivity index (χ2v) is 4.78. The van der Waals surface area contributed by atoms with Crippen molar-refractivity contribution in [1.82, 2.24) is 25.5 Å². The van der Waals surface area contributed by atoms with Gasteiger partial charge in [-0.1, -0.05) is 0 Å². The molecule has 5 nitrogen and oxygen atoms in total. The van der Waals surface area contributed by atoms with Gasteiger partial charge in [0.05, 0.1) is 11.4 Å². The number of hydrogen-bond donors (Lipinski definition) is 2. The van der Waals surface area contributed by atoms with E-state index in [4.69, 9.17) is 0 Å². The highest BCUT2D eigenvalue weighted by Gasteiger charge is 2.14. The maximum absolute atomic E-state index is 4.37. The van der Waals surface area contributed by atoms with E-state index in [1.807, 2.05) is 6.07 Å². The number of nitrogens with zero attached hydrogens (tertiary/aromatic N) is 3. The molecule has 3 heterocycles. The standard InChI is InChI=1S/C13H17N5/c1-2-10(8-14-4-1)6-11-7-13(16-9-15-11)12-3-5-17-18-12/h3,5,7,9-10,14H,1-2,4,6,8H2,(H,17,18)/t10-/m1/s1. The van der Waals surface area contributed by atoms with Crippen molar-refractivity contribution in [3.8, 4) is 11.4 Å². The predicted molar refractivity (Wildman–Crippen MR) is 68.9 cm³/mol. The minimum absolute atomic E-state index is 0.697. The quantitative estimate of drug-likeness (QED) is 0.855. The molecule has 5 heteroatoms. The van der Waals surface area contributed by atoms with Crippen LogP contribution in [0.4, 0.5) is 0 Å². The average Bonchev–Trinajstić information content (AvgIpc) is 2.94. The third-order valence-electron chi connectivity index (χ3n) is 3.40. The summed E-state index contributed by atoms with van der Waals surface area (Å²) in [5.41, 5.74) is 2.98. The molecule has 2 aromatic rings. The summed E-state index contributed by atoms with van der Waals surface area (Å²) >= 11 is 0. The first-order valence-corrected chi connectivity index (χ1v) is 6.43. The molecule has 18 heavy (non-hydrogen) atoms. The van der Waals surface area contributed by atoms with Crippen LogP contribution in [-0.2, 0) is 6.42 Å². The van der Waals surface area contributed by atoms with Gasteiger partial charge in [-0.2, -0.15) is 5.10 Å². The fourth-order valence-corrected chi connectivity index (χ4v) is 2.45. The molecular weight excluding hydrogens is 226 g/mol. The van der Waals surface area contributed by atoms with Crippen LogP contribution < -0.4 is 5.32 Å². The van der Waals surface area contributed by atoms with Crippen molar-refractivity contribution in [3.63, 3.8) is 0 Å². The maximum atomic E-state index is 4.37. The van der Waals surface area contributed by atoms with Crippen molar-refractivity contribution in [3.05, 3.63) is 30.4 Å². The number of piperidine rings is 1. The number of aromatic nitrogens is 4. The first-order valence-electron chi connectivity index (χ1n) is 6.43. The largest absolute Gasteiger partial charge is 0.316 e. The van der Waals surface area contributed by atoms with Crippen LogP contribution in [0.2, 0.25) is 0 Å². The first kappa shape index (κ1) is 11.3. The zero-order valence-corrected chi connectivity index (χ0v) is 10.3. The lowest BCUT2D eigenvalue weighted by Crippen LogP contribution is -2.31. The monoisotopic (exact) mass is 243 g/mol.